The number of fused-ring (bicyclic) bond motifs is 1. The summed E-state index contributed by atoms with van der Waals surface area (Å²) < 4.78 is 5.78. The molecule has 0 spiro atoms. The Bertz CT molecular complexity index is 904. The molecule has 4 heteroatoms. The van der Waals surface area contributed by atoms with Crippen LogP contribution in [0.25, 0.3) is 32.0 Å². The molecule has 0 radical (unpaired) electrons. The van der Waals surface area contributed by atoms with Crippen LogP contribution >= 0.6 is 22.9 Å². The molecular formula is C17H12N2S2. The van der Waals surface area contributed by atoms with Gasteiger partial charge >= 0.3 is 0 Å². The molecule has 2 nitrogen and oxygen atoms in total. The van der Waals surface area contributed by atoms with Crippen LogP contribution < -0.4 is 0 Å². The van der Waals surface area contributed by atoms with E-state index in [0.29, 0.717) is 0 Å². The van der Waals surface area contributed by atoms with Gasteiger partial charge in [-0.1, -0.05) is 48.0 Å². The second-order valence-electron chi connectivity index (χ2n) is 4.93. The third-order valence-electron chi connectivity index (χ3n) is 3.43. The van der Waals surface area contributed by atoms with Crippen molar-refractivity contribution in [3.63, 3.8) is 0 Å². The number of rotatable bonds is 2. The van der Waals surface area contributed by atoms with Crippen molar-refractivity contribution in [1.82, 2.24) is 9.36 Å². The van der Waals surface area contributed by atoms with Crippen LogP contribution in [0.3, 0.4) is 0 Å². The Labute approximate surface area is 130 Å². The number of benzene rings is 2. The van der Waals surface area contributed by atoms with Crippen molar-refractivity contribution in [2.75, 3.05) is 0 Å². The first-order chi connectivity index (χ1) is 10.3. The minimum atomic E-state index is 0.989. The van der Waals surface area contributed by atoms with E-state index < -0.39 is 0 Å². The highest BCUT2D eigenvalue weighted by Crippen LogP contribution is 2.34. The topological polar surface area (TPSA) is 25.8 Å². The maximum absolute atomic E-state index is 4.77. The summed E-state index contributed by atoms with van der Waals surface area (Å²) in [5, 5.41) is 4.28. The van der Waals surface area contributed by atoms with E-state index in [9.17, 15) is 0 Å². The van der Waals surface area contributed by atoms with Gasteiger partial charge in [0, 0.05) is 16.3 Å². The Morgan fingerprint density at radius 1 is 0.952 bits per heavy atom. The van der Waals surface area contributed by atoms with Crippen LogP contribution in [0.4, 0.5) is 0 Å². The van der Waals surface area contributed by atoms with E-state index in [1.165, 1.54) is 27.2 Å². The first-order valence-electron chi connectivity index (χ1n) is 6.68. The molecule has 0 aliphatic rings. The summed E-state index contributed by atoms with van der Waals surface area (Å²) in [6.45, 7) is 2.09. The number of aryl methyl sites for hydroxylation is 1. The fourth-order valence-corrected chi connectivity index (χ4v) is 3.94. The van der Waals surface area contributed by atoms with E-state index in [4.69, 9.17) is 4.98 Å². The van der Waals surface area contributed by atoms with E-state index in [2.05, 4.69) is 59.1 Å². The molecule has 0 saturated carbocycles. The number of nitrogens with zero attached hydrogens (tertiary/aromatic N) is 2. The number of aromatic nitrogens is 2. The van der Waals surface area contributed by atoms with Gasteiger partial charge < -0.3 is 0 Å². The van der Waals surface area contributed by atoms with Gasteiger partial charge in [-0.3, -0.25) is 0 Å². The molecule has 0 fully saturated rings. The molecule has 0 atom stereocenters. The standard InChI is InChI=1S/C17H12N2S2/c1-11-6-8-12(9-7-11)14-10-20-17(18-14)16-13-4-2-3-5-15(13)21-19-16/h2-10H,1H3. The highest BCUT2D eigenvalue weighted by molar-refractivity contribution is 7.15. The minimum Gasteiger partial charge on any atom is -0.234 e. The second kappa shape index (κ2) is 5.06. The van der Waals surface area contributed by atoms with Crippen LogP contribution in [0.2, 0.25) is 0 Å². The van der Waals surface area contributed by atoms with Crippen molar-refractivity contribution in [2.24, 2.45) is 0 Å². The van der Waals surface area contributed by atoms with E-state index in [-0.39, 0.29) is 0 Å². The van der Waals surface area contributed by atoms with Gasteiger partial charge in [0.15, 0.2) is 0 Å². The van der Waals surface area contributed by atoms with Gasteiger partial charge in [0.2, 0.25) is 0 Å². The lowest BCUT2D eigenvalue weighted by molar-refractivity contribution is 1.37. The fourth-order valence-electron chi connectivity index (χ4n) is 2.28. The van der Waals surface area contributed by atoms with Crippen LogP contribution in [-0.4, -0.2) is 9.36 Å². The lowest BCUT2D eigenvalue weighted by Gasteiger charge is -1.97. The lowest BCUT2D eigenvalue weighted by Crippen LogP contribution is -1.80. The Balaban J connectivity index is 1.79. The largest absolute Gasteiger partial charge is 0.234 e. The zero-order valence-electron chi connectivity index (χ0n) is 11.4. The average molecular weight is 308 g/mol. The number of hydrogen-bond donors (Lipinski definition) is 0. The molecule has 21 heavy (non-hydrogen) atoms. The molecule has 102 valence electrons. The van der Waals surface area contributed by atoms with Gasteiger partial charge in [0.1, 0.15) is 10.7 Å². The van der Waals surface area contributed by atoms with E-state index >= 15 is 0 Å². The molecular weight excluding hydrogens is 296 g/mol. The maximum atomic E-state index is 4.77. The molecule has 0 N–H and O–H groups in total. The molecule has 0 aliphatic carbocycles. The first kappa shape index (κ1) is 12.7. The molecule has 4 aromatic rings. The third kappa shape index (κ3) is 2.26. The summed E-state index contributed by atoms with van der Waals surface area (Å²) in [4.78, 5) is 4.77. The smallest absolute Gasteiger partial charge is 0.144 e. The van der Waals surface area contributed by atoms with Crippen LogP contribution in [0, 0.1) is 6.92 Å². The Kier molecular flexibility index (Phi) is 3.05. The molecule has 2 aromatic carbocycles. The third-order valence-corrected chi connectivity index (χ3v) is 5.11. The summed E-state index contributed by atoms with van der Waals surface area (Å²) in [5.74, 6) is 0. The maximum Gasteiger partial charge on any atom is 0.144 e. The summed E-state index contributed by atoms with van der Waals surface area (Å²) in [5.41, 5.74) is 4.44. The van der Waals surface area contributed by atoms with Crippen LogP contribution in [0.1, 0.15) is 5.56 Å². The zero-order chi connectivity index (χ0) is 14.2. The van der Waals surface area contributed by atoms with Crippen molar-refractivity contribution in [2.45, 2.75) is 6.92 Å². The summed E-state index contributed by atoms with van der Waals surface area (Å²) in [6, 6.07) is 16.8. The lowest BCUT2D eigenvalue weighted by atomic mass is 10.1. The van der Waals surface area contributed by atoms with Crippen LogP contribution in [-0.2, 0) is 0 Å². The van der Waals surface area contributed by atoms with Gasteiger partial charge in [-0.05, 0) is 24.5 Å². The Morgan fingerprint density at radius 2 is 1.76 bits per heavy atom. The van der Waals surface area contributed by atoms with Gasteiger partial charge in [0.05, 0.1) is 10.4 Å². The second-order valence-corrected chi connectivity index (χ2v) is 6.59. The molecule has 0 unspecified atom stereocenters. The van der Waals surface area contributed by atoms with Crippen LogP contribution in [0.15, 0.2) is 53.9 Å². The van der Waals surface area contributed by atoms with Crippen molar-refractivity contribution in [3.8, 4) is 22.0 Å². The monoisotopic (exact) mass is 308 g/mol. The highest BCUT2D eigenvalue weighted by Gasteiger charge is 2.12. The molecule has 0 bridgehead atoms. The zero-order valence-corrected chi connectivity index (χ0v) is 13.0. The quantitative estimate of drug-likeness (QED) is 0.496. The van der Waals surface area contributed by atoms with Gasteiger partial charge in [-0.15, -0.1) is 11.3 Å². The SMILES string of the molecule is Cc1ccc(-c2csc(-c3nsc4ccccc34)n2)cc1. The van der Waals surface area contributed by atoms with Crippen molar-refractivity contribution in [3.05, 3.63) is 59.5 Å². The summed E-state index contributed by atoms with van der Waals surface area (Å²) >= 11 is 3.19. The predicted molar refractivity (Wildman–Crippen MR) is 90.9 cm³/mol. The van der Waals surface area contributed by atoms with Gasteiger partial charge in [-0.2, -0.15) is 4.37 Å². The van der Waals surface area contributed by atoms with Gasteiger partial charge in [0.25, 0.3) is 0 Å². The molecule has 0 saturated heterocycles. The minimum absolute atomic E-state index is 0.989. The summed E-state index contributed by atoms with van der Waals surface area (Å²) in [7, 11) is 0. The predicted octanol–water partition coefficient (Wildman–Crippen LogP) is 5.40. The first-order valence-corrected chi connectivity index (χ1v) is 8.34. The van der Waals surface area contributed by atoms with Crippen LogP contribution in [0.5, 0.6) is 0 Å². The average Bonchev–Trinajstić information content (AvgIpc) is 3.14. The van der Waals surface area contributed by atoms with Gasteiger partial charge in [-0.25, -0.2) is 4.98 Å². The number of thiazole rings is 1. The van der Waals surface area contributed by atoms with E-state index in [1.54, 1.807) is 11.3 Å². The van der Waals surface area contributed by atoms with E-state index in [1.807, 2.05) is 6.07 Å². The van der Waals surface area contributed by atoms with Crippen molar-refractivity contribution >= 4 is 33.0 Å². The summed E-state index contributed by atoms with van der Waals surface area (Å²) in [6.07, 6.45) is 0. The highest BCUT2D eigenvalue weighted by atomic mass is 32.1. The normalized spacial score (nSPS) is 11.1. The Morgan fingerprint density at radius 3 is 2.62 bits per heavy atom. The van der Waals surface area contributed by atoms with Crippen molar-refractivity contribution < 1.29 is 0 Å². The number of hydrogen-bond acceptors (Lipinski definition) is 4. The fraction of sp³-hybridized carbons (Fsp3) is 0.0588. The Hall–Kier alpha value is -2.04. The van der Waals surface area contributed by atoms with Crippen molar-refractivity contribution in [1.29, 1.82) is 0 Å². The molecule has 0 amide bonds. The van der Waals surface area contributed by atoms with E-state index in [0.717, 1.165) is 22.0 Å². The molecule has 4 rings (SSSR count). The molecule has 0 aliphatic heterocycles. The molecule has 2 aromatic heterocycles. The molecule has 2 heterocycles.